The van der Waals surface area contributed by atoms with Crippen molar-refractivity contribution in [2.75, 3.05) is 30.7 Å². The van der Waals surface area contributed by atoms with E-state index >= 15 is 0 Å². The van der Waals surface area contributed by atoms with Crippen LogP contribution in [-0.4, -0.2) is 46.2 Å². The minimum atomic E-state index is -3.36. The van der Waals surface area contributed by atoms with Gasteiger partial charge in [0, 0.05) is 30.8 Å². The first-order valence-electron chi connectivity index (χ1n) is 9.56. The predicted molar refractivity (Wildman–Crippen MR) is 116 cm³/mol. The van der Waals surface area contributed by atoms with E-state index in [2.05, 4.69) is 15.4 Å². The van der Waals surface area contributed by atoms with Crippen LogP contribution in [-0.2, 0) is 14.8 Å². The third kappa shape index (κ3) is 8.52. The molecule has 0 radical (unpaired) electrons. The van der Waals surface area contributed by atoms with Gasteiger partial charge in [0.25, 0.3) is 5.91 Å². The summed E-state index contributed by atoms with van der Waals surface area (Å²) >= 11 is 0. The average Bonchev–Trinajstić information content (AvgIpc) is 2.69. The molecule has 3 N–H and O–H groups in total. The Morgan fingerprint density at radius 3 is 2.30 bits per heavy atom. The van der Waals surface area contributed by atoms with Crippen molar-refractivity contribution in [1.82, 2.24) is 10.6 Å². The highest BCUT2D eigenvalue weighted by Gasteiger charge is 2.07. The Bertz CT molecular complexity index is 959. The van der Waals surface area contributed by atoms with E-state index in [9.17, 15) is 18.0 Å². The fourth-order valence-electron chi connectivity index (χ4n) is 2.61. The molecule has 0 aliphatic heterocycles. The number of anilines is 1. The summed E-state index contributed by atoms with van der Waals surface area (Å²) < 4.78 is 30.3. The minimum absolute atomic E-state index is 0.103. The van der Waals surface area contributed by atoms with Gasteiger partial charge in [-0.1, -0.05) is 18.2 Å². The number of aryl methyl sites for hydroxylation is 1. The van der Waals surface area contributed by atoms with Gasteiger partial charge in [-0.05, 0) is 49.2 Å². The van der Waals surface area contributed by atoms with E-state index in [4.69, 9.17) is 4.74 Å². The van der Waals surface area contributed by atoms with E-state index in [-0.39, 0.29) is 18.4 Å². The molecule has 8 nitrogen and oxygen atoms in total. The fraction of sp³-hybridized carbons (Fsp3) is 0.333. The summed E-state index contributed by atoms with van der Waals surface area (Å²) in [6, 6.07) is 13.8. The molecule has 0 aromatic heterocycles. The largest absolute Gasteiger partial charge is 0.493 e. The van der Waals surface area contributed by atoms with Crippen molar-refractivity contribution < 1.29 is 22.7 Å². The van der Waals surface area contributed by atoms with Crippen LogP contribution in [0.15, 0.2) is 48.5 Å². The van der Waals surface area contributed by atoms with Crippen molar-refractivity contribution >= 4 is 27.5 Å². The fourth-order valence-corrected chi connectivity index (χ4v) is 3.17. The molecule has 0 bridgehead atoms. The first-order chi connectivity index (χ1) is 14.2. The molecule has 30 heavy (non-hydrogen) atoms. The molecular formula is C21H27N3O5S. The number of ether oxygens (including phenoxy) is 1. The van der Waals surface area contributed by atoms with Gasteiger partial charge in [0.15, 0.2) is 0 Å². The quantitative estimate of drug-likeness (QED) is 0.470. The topological polar surface area (TPSA) is 114 Å². The van der Waals surface area contributed by atoms with E-state index in [1.54, 1.807) is 0 Å². The summed E-state index contributed by atoms with van der Waals surface area (Å²) in [6.07, 6.45) is 1.99. The second kappa shape index (κ2) is 11.2. The molecule has 2 amide bonds. The van der Waals surface area contributed by atoms with E-state index in [1.807, 2.05) is 31.2 Å². The average molecular weight is 434 g/mol. The highest BCUT2D eigenvalue weighted by Crippen LogP contribution is 2.16. The first-order valence-corrected chi connectivity index (χ1v) is 11.4. The number of carbonyl (C=O) groups excluding carboxylic acids is 2. The van der Waals surface area contributed by atoms with Gasteiger partial charge in [-0.2, -0.15) is 0 Å². The number of para-hydroxylation sites is 1. The Hall–Kier alpha value is -3.07. The van der Waals surface area contributed by atoms with Crippen molar-refractivity contribution in [2.24, 2.45) is 0 Å². The van der Waals surface area contributed by atoms with Gasteiger partial charge >= 0.3 is 0 Å². The molecule has 162 valence electrons. The van der Waals surface area contributed by atoms with E-state index in [1.165, 1.54) is 24.3 Å². The lowest BCUT2D eigenvalue weighted by Crippen LogP contribution is -2.34. The zero-order valence-corrected chi connectivity index (χ0v) is 17.9. The Labute approximate surface area is 177 Å². The Balaban J connectivity index is 1.60. The lowest BCUT2D eigenvalue weighted by Gasteiger charge is -2.10. The van der Waals surface area contributed by atoms with E-state index in [0.717, 1.165) is 17.6 Å². The Kier molecular flexibility index (Phi) is 8.67. The molecule has 2 aromatic carbocycles. The van der Waals surface area contributed by atoms with Gasteiger partial charge < -0.3 is 15.4 Å². The normalized spacial score (nSPS) is 10.9. The summed E-state index contributed by atoms with van der Waals surface area (Å²) in [4.78, 5) is 23.9. The van der Waals surface area contributed by atoms with Gasteiger partial charge in [0.1, 0.15) is 5.75 Å². The Morgan fingerprint density at radius 1 is 0.967 bits per heavy atom. The lowest BCUT2D eigenvalue weighted by atomic mass is 10.2. The molecule has 0 unspecified atom stereocenters. The maximum atomic E-state index is 12.1. The molecule has 0 saturated heterocycles. The first kappa shape index (κ1) is 23.2. The van der Waals surface area contributed by atoms with Gasteiger partial charge in [-0.3, -0.25) is 14.3 Å². The maximum absolute atomic E-state index is 12.1. The molecule has 0 aliphatic rings. The van der Waals surface area contributed by atoms with Crippen LogP contribution in [0.2, 0.25) is 0 Å². The predicted octanol–water partition coefficient (Wildman–Crippen LogP) is 2.07. The molecular weight excluding hydrogens is 406 g/mol. The summed E-state index contributed by atoms with van der Waals surface area (Å²) in [6.45, 7) is 3.03. The van der Waals surface area contributed by atoms with Crippen LogP contribution < -0.4 is 20.1 Å². The molecule has 0 spiro atoms. The van der Waals surface area contributed by atoms with Crippen LogP contribution in [0.25, 0.3) is 0 Å². The van der Waals surface area contributed by atoms with Crippen molar-refractivity contribution in [3.63, 3.8) is 0 Å². The third-order valence-electron chi connectivity index (χ3n) is 4.08. The number of nitrogens with one attached hydrogen (secondary N) is 3. The molecule has 0 heterocycles. The van der Waals surface area contributed by atoms with Crippen molar-refractivity contribution in [3.8, 4) is 5.75 Å². The van der Waals surface area contributed by atoms with Crippen LogP contribution in [0.4, 0.5) is 5.69 Å². The smallest absolute Gasteiger partial charge is 0.251 e. The summed E-state index contributed by atoms with van der Waals surface area (Å²) in [5, 5.41) is 5.45. The monoisotopic (exact) mass is 433 g/mol. The number of rotatable bonds is 11. The molecule has 0 aliphatic carbocycles. The SMILES string of the molecule is Cc1ccccc1OCCCC(=O)NCCNC(=O)c1ccc(NS(C)(=O)=O)cc1. The molecule has 0 saturated carbocycles. The van der Waals surface area contributed by atoms with Crippen LogP contribution in [0.5, 0.6) is 5.75 Å². The van der Waals surface area contributed by atoms with Gasteiger partial charge in [0.2, 0.25) is 15.9 Å². The molecule has 2 aromatic rings. The number of amides is 2. The number of hydrogen-bond acceptors (Lipinski definition) is 5. The number of sulfonamides is 1. The van der Waals surface area contributed by atoms with Gasteiger partial charge in [-0.15, -0.1) is 0 Å². The van der Waals surface area contributed by atoms with E-state index < -0.39 is 10.0 Å². The zero-order chi connectivity index (χ0) is 22.0. The molecule has 9 heteroatoms. The van der Waals surface area contributed by atoms with Crippen molar-refractivity contribution in [3.05, 3.63) is 59.7 Å². The summed E-state index contributed by atoms with van der Waals surface area (Å²) in [5.74, 6) is 0.413. The second-order valence-electron chi connectivity index (χ2n) is 6.77. The summed E-state index contributed by atoms with van der Waals surface area (Å²) in [5.41, 5.74) is 1.83. The zero-order valence-electron chi connectivity index (χ0n) is 17.1. The Morgan fingerprint density at radius 2 is 1.63 bits per heavy atom. The highest BCUT2D eigenvalue weighted by atomic mass is 32.2. The standard InChI is InChI=1S/C21H27N3O5S/c1-16-6-3-4-7-19(16)29-15-5-8-20(25)22-13-14-23-21(26)17-9-11-18(12-10-17)24-30(2,27)28/h3-4,6-7,9-12,24H,5,8,13-15H2,1-2H3,(H,22,25)(H,23,26). The number of hydrogen-bond donors (Lipinski definition) is 3. The van der Waals surface area contributed by atoms with Crippen LogP contribution in [0.3, 0.4) is 0 Å². The molecule has 0 atom stereocenters. The number of benzene rings is 2. The van der Waals surface area contributed by atoms with Gasteiger partial charge in [-0.25, -0.2) is 8.42 Å². The highest BCUT2D eigenvalue weighted by molar-refractivity contribution is 7.92. The third-order valence-corrected chi connectivity index (χ3v) is 4.69. The maximum Gasteiger partial charge on any atom is 0.251 e. The van der Waals surface area contributed by atoms with Crippen molar-refractivity contribution in [2.45, 2.75) is 19.8 Å². The van der Waals surface area contributed by atoms with Crippen LogP contribution >= 0.6 is 0 Å². The van der Waals surface area contributed by atoms with Gasteiger partial charge in [0.05, 0.1) is 12.9 Å². The summed E-state index contributed by atoms with van der Waals surface area (Å²) in [7, 11) is -3.36. The minimum Gasteiger partial charge on any atom is -0.493 e. The second-order valence-corrected chi connectivity index (χ2v) is 8.52. The van der Waals surface area contributed by atoms with Crippen LogP contribution in [0.1, 0.15) is 28.8 Å². The van der Waals surface area contributed by atoms with Crippen molar-refractivity contribution in [1.29, 1.82) is 0 Å². The van der Waals surface area contributed by atoms with Crippen LogP contribution in [0, 0.1) is 6.92 Å². The number of carbonyl (C=O) groups is 2. The lowest BCUT2D eigenvalue weighted by molar-refractivity contribution is -0.121. The molecule has 0 fully saturated rings. The van der Waals surface area contributed by atoms with E-state index in [0.29, 0.717) is 37.2 Å². The molecule has 2 rings (SSSR count).